The van der Waals surface area contributed by atoms with Gasteiger partial charge >= 0.3 is 0 Å². The van der Waals surface area contributed by atoms with Crippen LogP contribution in [-0.4, -0.2) is 16.0 Å². The van der Waals surface area contributed by atoms with Gasteiger partial charge in [-0.25, -0.2) is 0 Å². The Bertz CT molecular complexity index is 986. The first-order valence-electron chi connectivity index (χ1n) is 7.11. The van der Waals surface area contributed by atoms with Gasteiger partial charge in [0.1, 0.15) is 5.75 Å². The molecule has 0 radical (unpaired) electrons. The van der Waals surface area contributed by atoms with Crippen LogP contribution in [0.5, 0.6) is 17.2 Å². The summed E-state index contributed by atoms with van der Waals surface area (Å²) >= 11 is 0. The van der Waals surface area contributed by atoms with Crippen LogP contribution in [0.25, 0.3) is 16.8 Å². The number of carbonyl (C=O) groups excluding carboxylic acids is 1. The molecule has 4 heteroatoms. The highest BCUT2D eigenvalue weighted by Gasteiger charge is 2.29. The van der Waals surface area contributed by atoms with E-state index < -0.39 is 0 Å². The van der Waals surface area contributed by atoms with Crippen LogP contribution in [0.1, 0.15) is 15.9 Å². The number of Topliss-reactive ketones (excluding diaryl/α,β-unsaturated/α-hetero) is 1. The van der Waals surface area contributed by atoms with Crippen LogP contribution in [0, 0.1) is 0 Å². The first kappa shape index (κ1) is 13.4. The molecule has 1 aliphatic heterocycles. The molecule has 0 aliphatic carbocycles. The van der Waals surface area contributed by atoms with Crippen molar-refractivity contribution in [2.75, 3.05) is 0 Å². The summed E-state index contributed by atoms with van der Waals surface area (Å²) < 4.78 is 5.67. The number of ether oxygens (including phenoxy) is 1. The Morgan fingerprint density at radius 2 is 1.74 bits per heavy atom. The molecule has 0 saturated carbocycles. The number of allylic oxidation sites excluding steroid dienone is 1. The molecule has 1 heterocycles. The van der Waals surface area contributed by atoms with Crippen molar-refractivity contribution in [3.63, 3.8) is 0 Å². The molecule has 0 fully saturated rings. The van der Waals surface area contributed by atoms with Crippen molar-refractivity contribution in [3.05, 3.63) is 71.5 Å². The predicted octanol–water partition coefficient (Wildman–Crippen LogP) is 3.87. The number of carbonyl (C=O) groups is 1. The Morgan fingerprint density at radius 1 is 0.913 bits per heavy atom. The number of fused-ring (bicyclic) bond motifs is 3. The maximum absolute atomic E-state index is 12.7. The smallest absolute Gasteiger partial charge is 0.232 e. The highest BCUT2D eigenvalue weighted by atomic mass is 16.5. The van der Waals surface area contributed by atoms with Crippen LogP contribution >= 0.6 is 0 Å². The second-order valence-electron chi connectivity index (χ2n) is 5.35. The Morgan fingerprint density at radius 3 is 2.57 bits per heavy atom. The highest BCUT2D eigenvalue weighted by Crippen LogP contribution is 2.37. The molecule has 0 unspecified atom stereocenters. The average molecular weight is 304 g/mol. The van der Waals surface area contributed by atoms with Crippen LogP contribution in [0.15, 0.2) is 60.4 Å². The lowest BCUT2D eigenvalue weighted by molar-refractivity contribution is 0.101. The van der Waals surface area contributed by atoms with E-state index >= 15 is 0 Å². The zero-order chi connectivity index (χ0) is 16.0. The van der Waals surface area contributed by atoms with Crippen molar-refractivity contribution in [2.24, 2.45) is 0 Å². The van der Waals surface area contributed by atoms with Crippen LogP contribution in [0.4, 0.5) is 0 Å². The zero-order valence-corrected chi connectivity index (χ0v) is 12.0. The van der Waals surface area contributed by atoms with Gasteiger partial charge in [0.15, 0.2) is 17.3 Å². The summed E-state index contributed by atoms with van der Waals surface area (Å²) in [7, 11) is 0. The van der Waals surface area contributed by atoms with E-state index in [0.29, 0.717) is 16.9 Å². The molecule has 4 nitrogen and oxygen atoms in total. The van der Waals surface area contributed by atoms with Gasteiger partial charge in [-0.05, 0) is 40.6 Å². The van der Waals surface area contributed by atoms with E-state index in [1.165, 1.54) is 12.1 Å². The van der Waals surface area contributed by atoms with Crippen molar-refractivity contribution in [2.45, 2.75) is 0 Å². The second-order valence-corrected chi connectivity index (χ2v) is 5.35. The number of hydrogen-bond acceptors (Lipinski definition) is 4. The van der Waals surface area contributed by atoms with E-state index in [1.807, 2.05) is 30.3 Å². The lowest BCUT2D eigenvalue weighted by Crippen LogP contribution is -1.98. The molecule has 2 N–H and O–H groups in total. The fourth-order valence-electron chi connectivity index (χ4n) is 2.74. The maximum Gasteiger partial charge on any atom is 0.232 e. The fourth-order valence-corrected chi connectivity index (χ4v) is 2.74. The largest absolute Gasteiger partial charge is 0.504 e. The molecule has 0 atom stereocenters. The van der Waals surface area contributed by atoms with E-state index in [0.717, 1.165) is 10.8 Å². The van der Waals surface area contributed by atoms with Gasteiger partial charge in [0.25, 0.3) is 0 Å². The van der Waals surface area contributed by atoms with Gasteiger partial charge in [-0.1, -0.05) is 36.4 Å². The summed E-state index contributed by atoms with van der Waals surface area (Å²) in [6.45, 7) is 0. The van der Waals surface area contributed by atoms with Crippen LogP contribution in [-0.2, 0) is 0 Å². The van der Waals surface area contributed by atoms with Crippen molar-refractivity contribution >= 4 is 22.6 Å². The number of phenols is 2. The third-order valence-corrected chi connectivity index (χ3v) is 3.86. The zero-order valence-electron chi connectivity index (χ0n) is 12.0. The van der Waals surface area contributed by atoms with Gasteiger partial charge in [-0.3, -0.25) is 4.79 Å². The summed E-state index contributed by atoms with van der Waals surface area (Å²) in [6, 6.07) is 15.7. The Labute approximate surface area is 131 Å². The minimum absolute atomic E-state index is 0.190. The monoisotopic (exact) mass is 304 g/mol. The number of ketones is 1. The molecular formula is C19H12O4. The fraction of sp³-hybridized carbons (Fsp3) is 0. The number of aromatic hydroxyl groups is 2. The van der Waals surface area contributed by atoms with Gasteiger partial charge in [0.2, 0.25) is 5.78 Å². The standard InChI is InChI=1S/C19H12O4/c20-14-7-5-11(9-15(14)21)10-17-19(22)18-13-4-2-1-3-12(13)6-8-16(18)23-17/h1-10,20-21H. The van der Waals surface area contributed by atoms with Gasteiger partial charge in [0.05, 0.1) is 5.56 Å². The summed E-state index contributed by atoms with van der Waals surface area (Å²) in [5.74, 6) is 0.0848. The van der Waals surface area contributed by atoms with Crippen LogP contribution in [0.3, 0.4) is 0 Å². The minimum Gasteiger partial charge on any atom is -0.504 e. The molecule has 3 aromatic rings. The van der Waals surface area contributed by atoms with E-state index in [9.17, 15) is 15.0 Å². The number of benzene rings is 3. The Hall–Kier alpha value is -3.27. The van der Waals surface area contributed by atoms with E-state index in [-0.39, 0.29) is 23.0 Å². The molecule has 0 aromatic heterocycles. The van der Waals surface area contributed by atoms with E-state index in [4.69, 9.17) is 4.74 Å². The topological polar surface area (TPSA) is 66.8 Å². The second kappa shape index (κ2) is 4.88. The molecule has 4 rings (SSSR count). The lowest BCUT2D eigenvalue weighted by atomic mass is 10.0. The molecule has 0 bridgehead atoms. The Kier molecular flexibility index (Phi) is 2.84. The van der Waals surface area contributed by atoms with Gasteiger partial charge in [-0.2, -0.15) is 0 Å². The van der Waals surface area contributed by atoms with Crippen molar-refractivity contribution in [1.82, 2.24) is 0 Å². The first-order chi connectivity index (χ1) is 11.1. The summed E-state index contributed by atoms with van der Waals surface area (Å²) in [6.07, 6.45) is 1.55. The quantitative estimate of drug-likeness (QED) is 0.529. The Balaban J connectivity index is 1.81. The van der Waals surface area contributed by atoms with Gasteiger partial charge in [-0.15, -0.1) is 0 Å². The number of rotatable bonds is 1. The molecule has 0 amide bonds. The van der Waals surface area contributed by atoms with Crippen LogP contribution < -0.4 is 4.74 Å². The van der Waals surface area contributed by atoms with Gasteiger partial charge < -0.3 is 14.9 Å². The van der Waals surface area contributed by atoms with Crippen molar-refractivity contribution in [1.29, 1.82) is 0 Å². The number of phenolic OH excluding ortho intramolecular Hbond substituents is 2. The predicted molar refractivity (Wildman–Crippen MR) is 86.7 cm³/mol. The third-order valence-electron chi connectivity index (χ3n) is 3.86. The molecule has 0 saturated heterocycles. The molecular weight excluding hydrogens is 292 g/mol. The summed E-state index contributed by atoms with van der Waals surface area (Å²) in [4.78, 5) is 12.7. The highest BCUT2D eigenvalue weighted by molar-refractivity contribution is 6.21. The normalized spacial score (nSPS) is 15.0. The summed E-state index contributed by atoms with van der Waals surface area (Å²) in [5, 5.41) is 20.7. The van der Waals surface area contributed by atoms with E-state index in [1.54, 1.807) is 18.2 Å². The van der Waals surface area contributed by atoms with Crippen molar-refractivity contribution < 1.29 is 19.7 Å². The molecule has 112 valence electrons. The lowest BCUT2D eigenvalue weighted by Gasteiger charge is -2.01. The average Bonchev–Trinajstić information content (AvgIpc) is 2.87. The molecule has 23 heavy (non-hydrogen) atoms. The van der Waals surface area contributed by atoms with Crippen LogP contribution in [0.2, 0.25) is 0 Å². The summed E-state index contributed by atoms with van der Waals surface area (Å²) in [5.41, 5.74) is 1.12. The molecule has 1 aliphatic rings. The maximum atomic E-state index is 12.7. The third kappa shape index (κ3) is 2.12. The molecule has 3 aromatic carbocycles. The SMILES string of the molecule is O=C1C(=Cc2ccc(O)c(O)c2)Oc2ccc3ccccc3c21. The molecule has 0 spiro atoms. The van der Waals surface area contributed by atoms with E-state index in [2.05, 4.69) is 0 Å². The minimum atomic E-state index is -0.243. The first-order valence-corrected chi connectivity index (χ1v) is 7.11. The number of hydrogen-bond donors (Lipinski definition) is 2. The van der Waals surface area contributed by atoms with Crippen molar-refractivity contribution in [3.8, 4) is 17.2 Å². The van der Waals surface area contributed by atoms with Gasteiger partial charge in [0, 0.05) is 0 Å².